The summed E-state index contributed by atoms with van der Waals surface area (Å²) in [6.45, 7) is -0.129. The van der Waals surface area contributed by atoms with Crippen molar-refractivity contribution in [3.63, 3.8) is 0 Å². The number of aromatic nitrogens is 1. The number of nitro groups is 1. The van der Waals surface area contributed by atoms with E-state index in [1.807, 2.05) is 0 Å². The molecule has 0 spiro atoms. The van der Waals surface area contributed by atoms with Crippen LogP contribution in [0, 0.1) is 10.1 Å². The molecule has 1 heterocycles. The van der Waals surface area contributed by atoms with Gasteiger partial charge in [-0.25, -0.2) is 26.7 Å². The van der Waals surface area contributed by atoms with Gasteiger partial charge >= 0.3 is 5.82 Å². The molecule has 0 aromatic carbocycles. The molecule has 12 heteroatoms. The fourth-order valence-electron chi connectivity index (χ4n) is 1.20. The van der Waals surface area contributed by atoms with Crippen molar-refractivity contribution in [1.29, 1.82) is 0 Å². The summed E-state index contributed by atoms with van der Waals surface area (Å²) in [6, 6.07) is 1.99. The van der Waals surface area contributed by atoms with Gasteiger partial charge in [0.25, 0.3) is 0 Å². The highest BCUT2D eigenvalue weighted by molar-refractivity contribution is 7.89. The van der Waals surface area contributed by atoms with Crippen LogP contribution in [-0.2, 0) is 20.0 Å². The molecule has 0 aliphatic heterocycles. The summed E-state index contributed by atoms with van der Waals surface area (Å²) < 4.78 is 46.9. The second-order valence-electron chi connectivity index (χ2n) is 3.73. The third-order valence-electron chi connectivity index (χ3n) is 2.12. The summed E-state index contributed by atoms with van der Waals surface area (Å²) in [5, 5.41) is 15.1. The molecule has 0 amide bonds. The maximum absolute atomic E-state index is 11.7. The normalized spacial score (nSPS) is 12.2. The van der Waals surface area contributed by atoms with Crippen molar-refractivity contribution in [2.45, 2.75) is 11.3 Å². The summed E-state index contributed by atoms with van der Waals surface area (Å²) in [6.07, 6.45) is 0.860. The number of sulfonamides is 2. The van der Waals surface area contributed by atoms with Gasteiger partial charge in [0, 0.05) is 12.6 Å². The molecule has 0 aliphatic rings. The second kappa shape index (κ2) is 6.21. The molecular weight excluding hydrogens is 312 g/mol. The molecule has 20 heavy (non-hydrogen) atoms. The van der Waals surface area contributed by atoms with E-state index in [-0.39, 0.29) is 23.6 Å². The van der Waals surface area contributed by atoms with Gasteiger partial charge in [-0.15, -0.1) is 0 Å². The van der Waals surface area contributed by atoms with E-state index in [0.717, 1.165) is 18.3 Å². The molecular formula is C8H12N4O6S2. The first kappa shape index (κ1) is 16.4. The number of rotatable bonds is 7. The minimum Gasteiger partial charge on any atom is -0.358 e. The van der Waals surface area contributed by atoms with E-state index in [1.165, 1.54) is 0 Å². The Hall–Kier alpha value is -1.63. The van der Waals surface area contributed by atoms with Crippen LogP contribution >= 0.6 is 0 Å². The van der Waals surface area contributed by atoms with Crippen molar-refractivity contribution in [1.82, 2.24) is 9.71 Å². The minimum atomic E-state index is -3.89. The van der Waals surface area contributed by atoms with E-state index in [1.54, 1.807) is 0 Å². The zero-order valence-electron chi connectivity index (χ0n) is 10.1. The van der Waals surface area contributed by atoms with Crippen molar-refractivity contribution >= 4 is 25.9 Å². The number of primary sulfonamides is 1. The standard InChI is InChI=1S/C8H12N4O6S2/c9-19(15,16)5-1-4-11-20(17,18)7-2-3-8(10-6-7)12(13)14/h2-3,6,11H,1,4-5H2,(H2,9,15,16). The Balaban J connectivity index is 2.67. The van der Waals surface area contributed by atoms with E-state index in [2.05, 4.69) is 9.71 Å². The minimum absolute atomic E-state index is 0.0124. The van der Waals surface area contributed by atoms with Gasteiger partial charge in [0.2, 0.25) is 20.0 Å². The maximum atomic E-state index is 11.7. The average Bonchev–Trinajstić information content (AvgIpc) is 2.34. The molecule has 0 unspecified atom stereocenters. The highest BCUT2D eigenvalue weighted by atomic mass is 32.2. The molecule has 1 rings (SSSR count). The van der Waals surface area contributed by atoms with Crippen molar-refractivity contribution < 1.29 is 21.8 Å². The molecule has 112 valence electrons. The molecule has 1 aromatic rings. The van der Waals surface area contributed by atoms with Gasteiger partial charge in [0.15, 0.2) is 6.20 Å². The Labute approximate surface area is 115 Å². The van der Waals surface area contributed by atoms with Crippen LogP contribution in [0.4, 0.5) is 5.82 Å². The van der Waals surface area contributed by atoms with Crippen LogP contribution < -0.4 is 9.86 Å². The van der Waals surface area contributed by atoms with Gasteiger partial charge in [0.1, 0.15) is 4.90 Å². The second-order valence-corrected chi connectivity index (χ2v) is 7.23. The fourth-order valence-corrected chi connectivity index (χ4v) is 2.77. The van der Waals surface area contributed by atoms with E-state index in [9.17, 15) is 26.9 Å². The van der Waals surface area contributed by atoms with Crippen LogP contribution in [0.3, 0.4) is 0 Å². The van der Waals surface area contributed by atoms with E-state index in [4.69, 9.17) is 5.14 Å². The van der Waals surface area contributed by atoms with Gasteiger partial charge in [-0.3, -0.25) is 0 Å². The van der Waals surface area contributed by atoms with Crippen LogP contribution in [0.5, 0.6) is 0 Å². The first-order valence-electron chi connectivity index (χ1n) is 5.22. The smallest absolute Gasteiger partial charge is 0.358 e. The zero-order valence-corrected chi connectivity index (χ0v) is 11.7. The summed E-state index contributed by atoms with van der Waals surface area (Å²) in [7, 11) is -7.53. The van der Waals surface area contributed by atoms with E-state index < -0.39 is 30.8 Å². The summed E-state index contributed by atoms with van der Waals surface area (Å²) in [5.74, 6) is -0.827. The predicted molar refractivity (Wildman–Crippen MR) is 68.7 cm³/mol. The third-order valence-corrected chi connectivity index (χ3v) is 4.42. The van der Waals surface area contributed by atoms with Gasteiger partial charge in [-0.2, -0.15) is 0 Å². The summed E-state index contributed by atoms with van der Waals surface area (Å²) >= 11 is 0. The fraction of sp³-hybridized carbons (Fsp3) is 0.375. The molecule has 0 fully saturated rings. The molecule has 1 aromatic heterocycles. The largest absolute Gasteiger partial charge is 0.363 e. The molecule has 0 bridgehead atoms. The van der Waals surface area contributed by atoms with Crippen LogP contribution in [0.2, 0.25) is 0 Å². The molecule has 3 N–H and O–H groups in total. The lowest BCUT2D eigenvalue weighted by Crippen LogP contribution is -2.27. The van der Waals surface area contributed by atoms with Gasteiger partial charge in [0.05, 0.1) is 5.75 Å². The van der Waals surface area contributed by atoms with Crippen LogP contribution in [0.15, 0.2) is 23.2 Å². The number of hydrogen-bond donors (Lipinski definition) is 2. The Kier molecular flexibility index (Phi) is 5.10. The van der Waals surface area contributed by atoms with Gasteiger partial charge in [-0.05, 0) is 22.4 Å². The third kappa shape index (κ3) is 5.16. The zero-order chi connectivity index (χ0) is 15.4. The van der Waals surface area contributed by atoms with Crippen LogP contribution in [0.25, 0.3) is 0 Å². The molecule has 0 aliphatic carbocycles. The van der Waals surface area contributed by atoms with E-state index in [0.29, 0.717) is 0 Å². The van der Waals surface area contributed by atoms with Crippen LogP contribution in [0.1, 0.15) is 6.42 Å². The SMILES string of the molecule is NS(=O)(=O)CCCNS(=O)(=O)c1ccc([N+](=O)[O-])nc1. The number of nitrogens with two attached hydrogens (primary N) is 1. The Morgan fingerprint density at radius 1 is 1.30 bits per heavy atom. The first-order chi connectivity index (χ1) is 9.12. The quantitative estimate of drug-likeness (QED) is 0.367. The molecule has 0 saturated carbocycles. The lowest BCUT2D eigenvalue weighted by Gasteiger charge is -2.04. The summed E-state index contributed by atoms with van der Waals surface area (Å²) in [5.41, 5.74) is 0. The van der Waals surface area contributed by atoms with Crippen molar-refractivity contribution in [2.75, 3.05) is 12.3 Å². The Morgan fingerprint density at radius 2 is 1.95 bits per heavy atom. The lowest BCUT2D eigenvalue weighted by molar-refractivity contribution is -0.389. The predicted octanol–water partition coefficient (Wildman–Crippen LogP) is -1.05. The highest BCUT2D eigenvalue weighted by Gasteiger charge is 2.17. The monoisotopic (exact) mass is 324 g/mol. The van der Waals surface area contributed by atoms with E-state index >= 15 is 0 Å². The van der Waals surface area contributed by atoms with Gasteiger partial charge < -0.3 is 10.1 Å². The number of nitrogens with one attached hydrogen (secondary N) is 1. The first-order valence-corrected chi connectivity index (χ1v) is 8.42. The van der Waals surface area contributed by atoms with Gasteiger partial charge in [-0.1, -0.05) is 0 Å². The van der Waals surface area contributed by atoms with Crippen molar-refractivity contribution in [3.8, 4) is 0 Å². The Morgan fingerprint density at radius 3 is 2.40 bits per heavy atom. The molecule has 0 saturated heterocycles. The highest BCUT2D eigenvalue weighted by Crippen LogP contribution is 2.11. The number of pyridine rings is 1. The Bertz CT molecular complexity index is 682. The average molecular weight is 324 g/mol. The summed E-state index contributed by atoms with van der Waals surface area (Å²) in [4.78, 5) is 12.7. The molecule has 0 radical (unpaired) electrons. The van der Waals surface area contributed by atoms with Crippen molar-refractivity contribution in [2.24, 2.45) is 5.14 Å². The number of hydrogen-bond acceptors (Lipinski definition) is 7. The topological polar surface area (TPSA) is 162 Å². The van der Waals surface area contributed by atoms with Crippen LogP contribution in [-0.4, -0.2) is 39.0 Å². The number of nitrogens with zero attached hydrogens (tertiary/aromatic N) is 2. The van der Waals surface area contributed by atoms with Crippen molar-refractivity contribution in [3.05, 3.63) is 28.4 Å². The molecule has 0 atom stereocenters. The lowest BCUT2D eigenvalue weighted by atomic mass is 10.5. The molecule has 10 nitrogen and oxygen atoms in total. The maximum Gasteiger partial charge on any atom is 0.363 e.